The van der Waals surface area contributed by atoms with Crippen molar-refractivity contribution in [1.29, 1.82) is 0 Å². The molecule has 51 heavy (non-hydrogen) atoms. The Hall–Kier alpha value is -4.39. The quantitative estimate of drug-likeness (QED) is 0.0754. The van der Waals surface area contributed by atoms with Gasteiger partial charge in [0.15, 0.2) is 0 Å². The Bertz CT molecular complexity index is 1870. The summed E-state index contributed by atoms with van der Waals surface area (Å²) in [6.45, 7) is 12.2. The lowest BCUT2D eigenvalue weighted by Gasteiger charge is -2.19. The number of nitrogens with zero attached hydrogens (tertiary/aromatic N) is 4. The van der Waals surface area contributed by atoms with Crippen molar-refractivity contribution in [1.82, 2.24) is 20.6 Å². The molecule has 276 valence electrons. The molecule has 5 N–H and O–H groups in total. The van der Waals surface area contributed by atoms with Crippen LogP contribution in [0, 0.1) is 20.2 Å². The molecule has 0 aliphatic carbocycles. The predicted octanol–water partition coefficient (Wildman–Crippen LogP) is 7.87. The zero-order valence-electron chi connectivity index (χ0n) is 28.7. The average Bonchev–Trinajstić information content (AvgIpc) is 3.01. The monoisotopic (exact) mass is 856 g/mol. The molecule has 0 atom stereocenters. The lowest BCUT2D eigenvalue weighted by molar-refractivity contribution is -0.384. The van der Waals surface area contributed by atoms with E-state index in [1.54, 1.807) is 51.1 Å². The number of carbonyl (C=O) groups is 2. The number of fused-ring (bicyclic) bond motifs is 2. The molecule has 0 aliphatic heterocycles. The maximum absolute atomic E-state index is 11.6. The summed E-state index contributed by atoms with van der Waals surface area (Å²) in [5.41, 5.74) is 5.49. The SMILES string of the molecule is CC(C)(C)OC(=O)NCCN.CC(C)(C)OC(=O)NCCNc1c([N+](=O)[O-])cnc2ccc(Br)cc12.O=[N+]([O-])c1cnc2ccc(Br)cc2c1Cl. The van der Waals surface area contributed by atoms with Gasteiger partial charge in [-0.25, -0.2) is 19.6 Å². The van der Waals surface area contributed by atoms with E-state index in [0.29, 0.717) is 47.1 Å². The molecule has 19 heteroatoms. The summed E-state index contributed by atoms with van der Waals surface area (Å²) >= 11 is 12.5. The molecular formula is C32H39Br2ClN8O8. The van der Waals surface area contributed by atoms with Crippen molar-refractivity contribution in [2.24, 2.45) is 5.73 Å². The van der Waals surface area contributed by atoms with Crippen LogP contribution in [-0.2, 0) is 9.47 Å². The number of alkyl carbamates (subject to hydrolysis) is 2. The Balaban J connectivity index is 0.000000294. The summed E-state index contributed by atoms with van der Waals surface area (Å²) in [5, 5.41) is 31.3. The van der Waals surface area contributed by atoms with Crippen LogP contribution in [0.2, 0.25) is 5.02 Å². The van der Waals surface area contributed by atoms with E-state index in [1.165, 1.54) is 12.4 Å². The minimum Gasteiger partial charge on any atom is -0.444 e. The first-order valence-corrected chi connectivity index (χ1v) is 17.2. The van der Waals surface area contributed by atoms with Gasteiger partial charge in [0.1, 0.15) is 34.3 Å². The van der Waals surface area contributed by atoms with E-state index in [0.717, 1.165) is 8.95 Å². The fourth-order valence-electron chi connectivity index (χ4n) is 3.88. The fourth-order valence-corrected chi connectivity index (χ4v) is 4.87. The molecule has 2 heterocycles. The van der Waals surface area contributed by atoms with Gasteiger partial charge in [-0.3, -0.25) is 20.2 Å². The number of pyridine rings is 2. The highest BCUT2D eigenvalue weighted by Crippen LogP contribution is 2.34. The standard InChI is InChI=1S/C16H19BrN4O4.C9H4BrClN2O2.C7H16N2O2/c1-16(2,3)25-15(22)19-7-6-18-14-11-8-10(17)4-5-12(11)20-9-13(14)21(23)24;10-5-1-2-7-6(3-5)9(11)8(4-12-7)13(14)15;1-7(2,3)11-6(10)9-5-4-8/h4-5,8-9H,6-7H2,1-3H3,(H,18,20)(H,19,22);1-4H;4-5,8H2,1-3H3,(H,9,10). The topological polar surface area (TPSA) is 227 Å². The second-order valence-corrected chi connectivity index (χ2v) is 14.6. The molecule has 2 aromatic heterocycles. The number of nitrogens with one attached hydrogen (secondary N) is 3. The molecule has 0 saturated heterocycles. The van der Waals surface area contributed by atoms with Gasteiger partial charge in [-0.05, 0) is 77.9 Å². The number of amides is 2. The third-order valence-electron chi connectivity index (χ3n) is 5.86. The highest BCUT2D eigenvalue weighted by atomic mass is 79.9. The smallest absolute Gasteiger partial charge is 0.407 e. The summed E-state index contributed by atoms with van der Waals surface area (Å²) in [5.74, 6) is 0. The number of halogens is 3. The lowest BCUT2D eigenvalue weighted by atomic mass is 10.1. The van der Waals surface area contributed by atoms with Crippen LogP contribution in [-0.4, -0.2) is 69.4 Å². The molecule has 0 fully saturated rings. The van der Waals surface area contributed by atoms with Crippen molar-refractivity contribution in [3.05, 3.63) is 83.0 Å². The van der Waals surface area contributed by atoms with Gasteiger partial charge in [-0.15, -0.1) is 0 Å². The zero-order valence-corrected chi connectivity index (χ0v) is 32.6. The van der Waals surface area contributed by atoms with E-state index in [4.69, 9.17) is 26.8 Å². The summed E-state index contributed by atoms with van der Waals surface area (Å²) in [6.07, 6.45) is 1.44. The van der Waals surface area contributed by atoms with Crippen molar-refractivity contribution in [3.63, 3.8) is 0 Å². The Morgan fingerprint density at radius 2 is 1.24 bits per heavy atom. The second-order valence-electron chi connectivity index (χ2n) is 12.4. The van der Waals surface area contributed by atoms with Crippen molar-refractivity contribution < 1.29 is 28.9 Å². The van der Waals surface area contributed by atoms with Gasteiger partial charge in [-0.1, -0.05) is 43.5 Å². The summed E-state index contributed by atoms with van der Waals surface area (Å²) in [4.78, 5) is 51.4. The largest absolute Gasteiger partial charge is 0.444 e. The molecule has 16 nitrogen and oxygen atoms in total. The third-order valence-corrected chi connectivity index (χ3v) is 7.24. The van der Waals surface area contributed by atoms with E-state index in [9.17, 15) is 29.8 Å². The Kier molecular flexibility index (Phi) is 16.2. The van der Waals surface area contributed by atoms with E-state index in [2.05, 4.69) is 57.8 Å². The van der Waals surface area contributed by atoms with Gasteiger partial charge in [0, 0.05) is 45.9 Å². The van der Waals surface area contributed by atoms with Crippen LogP contribution in [0.3, 0.4) is 0 Å². The number of ether oxygens (including phenoxy) is 2. The van der Waals surface area contributed by atoms with Gasteiger partial charge in [0.25, 0.3) is 0 Å². The molecule has 0 saturated carbocycles. The first-order chi connectivity index (χ1) is 23.7. The van der Waals surface area contributed by atoms with E-state index < -0.39 is 33.2 Å². The van der Waals surface area contributed by atoms with Gasteiger partial charge in [-0.2, -0.15) is 0 Å². The number of hydrogen-bond acceptors (Lipinski definition) is 12. The van der Waals surface area contributed by atoms with E-state index in [1.807, 2.05) is 26.8 Å². The van der Waals surface area contributed by atoms with Crippen LogP contribution >= 0.6 is 43.5 Å². The molecule has 0 aliphatic rings. The summed E-state index contributed by atoms with van der Waals surface area (Å²) in [7, 11) is 0. The molecule has 0 unspecified atom stereocenters. The van der Waals surface area contributed by atoms with Gasteiger partial charge < -0.3 is 31.2 Å². The van der Waals surface area contributed by atoms with Gasteiger partial charge in [0.05, 0.1) is 20.9 Å². The minimum atomic E-state index is -0.579. The zero-order chi connectivity index (χ0) is 38.5. The highest BCUT2D eigenvalue weighted by molar-refractivity contribution is 9.10. The van der Waals surface area contributed by atoms with Crippen molar-refractivity contribution in [3.8, 4) is 0 Å². The lowest BCUT2D eigenvalue weighted by Crippen LogP contribution is -2.35. The first-order valence-electron chi connectivity index (χ1n) is 15.2. The molecule has 0 bridgehead atoms. The number of rotatable bonds is 8. The van der Waals surface area contributed by atoms with Crippen LogP contribution in [0.4, 0.5) is 26.7 Å². The third kappa shape index (κ3) is 14.8. The maximum Gasteiger partial charge on any atom is 0.407 e. The van der Waals surface area contributed by atoms with Crippen LogP contribution in [0.1, 0.15) is 41.5 Å². The Morgan fingerprint density at radius 3 is 1.71 bits per heavy atom. The second kappa shape index (κ2) is 19.3. The van der Waals surface area contributed by atoms with Crippen LogP contribution < -0.4 is 21.7 Å². The van der Waals surface area contributed by atoms with Crippen LogP contribution in [0.15, 0.2) is 57.7 Å². The molecule has 4 rings (SSSR count). The summed E-state index contributed by atoms with van der Waals surface area (Å²) < 4.78 is 11.7. The summed E-state index contributed by atoms with van der Waals surface area (Å²) in [6, 6.07) is 10.6. The number of carbonyl (C=O) groups excluding carboxylic acids is 2. The normalized spacial score (nSPS) is 10.9. The number of nitrogens with two attached hydrogens (primary N) is 1. The van der Waals surface area contributed by atoms with Gasteiger partial charge >= 0.3 is 23.6 Å². The fraction of sp³-hybridized carbons (Fsp3) is 0.375. The molecule has 0 radical (unpaired) electrons. The Morgan fingerprint density at radius 1 is 0.784 bits per heavy atom. The van der Waals surface area contributed by atoms with Crippen LogP contribution in [0.25, 0.3) is 21.8 Å². The maximum atomic E-state index is 11.6. The van der Waals surface area contributed by atoms with E-state index in [-0.39, 0.29) is 22.9 Å². The Labute approximate surface area is 315 Å². The number of nitro groups is 2. The molecule has 2 amide bonds. The first kappa shape index (κ1) is 42.8. The number of benzene rings is 2. The predicted molar refractivity (Wildman–Crippen MR) is 203 cm³/mol. The van der Waals surface area contributed by atoms with Crippen molar-refractivity contribution in [2.75, 3.05) is 31.5 Å². The molecule has 0 spiro atoms. The number of hydrogen-bond donors (Lipinski definition) is 4. The van der Waals surface area contributed by atoms with E-state index >= 15 is 0 Å². The van der Waals surface area contributed by atoms with Crippen molar-refractivity contribution in [2.45, 2.75) is 52.7 Å². The molecular weight excluding hydrogens is 820 g/mol. The number of anilines is 1. The highest BCUT2D eigenvalue weighted by Gasteiger charge is 2.20. The number of aromatic nitrogens is 2. The molecule has 4 aromatic rings. The molecule has 2 aromatic carbocycles. The minimum absolute atomic E-state index is 0.117. The van der Waals surface area contributed by atoms with Gasteiger partial charge in [0.2, 0.25) is 0 Å². The average molecular weight is 859 g/mol. The van der Waals surface area contributed by atoms with Crippen molar-refractivity contribution >= 4 is 94.5 Å². The van der Waals surface area contributed by atoms with Crippen LogP contribution in [0.5, 0.6) is 0 Å².